The van der Waals surface area contributed by atoms with Crippen LogP contribution in [0.1, 0.15) is 22.3 Å². The Morgan fingerprint density at radius 3 is 1.22 bits per heavy atom. The zero-order chi connectivity index (χ0) is 35.5. The molecule has 0 atom stereocenters. The molecule has 0 aliphatic rings. The van der Waals surface area contributed by atoms with Crippen LogP contribution in [0.25, 0.3) is 32.7 Å². The number of aryl methyl sites for hydroxylation is 2. The average molecular weight is 711 g/mol. The normalized spacial score (nSPS) is 12.0. The quantitative estimate of drug-likeness (QED) is 0.111. The van der Waals surface area contributed by atoms with E-state index in [9.17, 15) is 16.8 Å². The van der Waals surface area contributed by atoms with E-state index in [1.54, 1.807) is 38.5 Å². The third-order valence-corrected chi connectivity index (χ3v) is 11.3. The zero-order valence-electron chi connectivity index (χ0n) is 28.3. The molecule has 0 aliphatic carbocycles. The number of hydrogen-bond donors (Lipinski definition) is 0. The van der Waals surface area contributed by atoms with Gasteiger partial charge in [-0.1, -0.05) is 96.1 Å². The van der Waals surface area contributed by atoms with Gasteiger partial charge in [0.05, 0.1) is 37.2 Å². The lowest BCUT2D eigenvalue weighted by Gasteiger charge is -2.19. The van der Waals surface area contributed by atoms with Crippen molar-refractivity contribution in [1.29, 1.82) is 0 Å². The lowest BCUT2D eigenvalue weighted by molar-refractivity contribution is 0.318. The SMILES string of the molecule is COc1c(CCOS(=O)(=O)c2ccc(C)cc2)ccc2cccc(-c3cccc4ccc(CCOS(=O)(=O)c5ccc(C)cc5)c(OC)c34)c12. The van der Waals surface area contributed by atoms with E-state index in [2.05, 4.69) is 0 Å². The lowest BCUT2D eigenvalue weighted by Crippen LogP contribution is -2.10. The molecule has 6 aromatic carbocycles. The molecule has 50 heavy (non-hydrogen) atoms. The van der Waals surface area contributed by atoms with Crippen molar-refractivity contribution in [3.8, 4) is 22.6 Å². The summed E-state index contributed by atoms with van der Waals surface area (Å²) in [5.41, 5.74) is 5.30. The summed E-state index contributed by atoms with van der Waals surface area (Å²) in [7, 11) is -4.64. The van der Waals surface area contributed by atoms with E-state index in [0.717, 1.165) is 54.9 Å². The predicted molar refractivity (Wildman–Crippen MR) is 196 cm³/mol. The van der Waals surface area contributed by atoms with E-state index in [4.69, 9.17) is 17.8 Å². The van der Waals surface area contributed by atoms with Crippen LogP contribution in [-0.4, -0.2) is 44.3 Å². The van der Waals surface area contributed by atoms with Crippen LogP contribution in [0.4, 0.5) is 0 Å². The maximum Gasteiger partial charge on any atom is 0.296 e. The molecule has 0 bridgehead atoms. The number of methoxy groups -OCH3 is 2. The number of rotatable bonds is 13. The summed E-state index contributed by atoms with van der Waals surface area (Å²) in [5.74, 6) is 1.24. The maximum absolute atomic E-state index is 12.8. The highest BCUT2D eigenvalue weighted by Gasteiger charge is 2.21. The van der Waals surface area contributed by atoms with Crippen LogP contribution >= 0.6 is 0 Å². The average Bonchev–Trinajstić information content (AvgIpc) is 3.11. The Hall–Kier alpha value is -4.74. The minimum absolute atomic E-state index is 0.0621. The Morgan fingerprint density at radius 1 is 0.480 bits per heavy atom. The molecule has 6 rings (SSSR count). The van der Waals surface area contributed by atoms with E-state index < -0.39 is 20.2 Å². The third-order valence-electron chi connectivity index (χ3n) is 8.70. The molecule has 0 aromatic heterocycles. The van der Waals surface area contributed by atoms with E-state index >= 15 is 0 Å². The van der Waals surface area contributed by atoms with Gasteiger partial charge < -0.3 is 9.47 Å². The first-order valence-corrected chi connectivity index (χ1v) is 18.9. The zero-order valence-corrected chi connectivity index (χ0v) is 29.9. The molecule has 8 nitrogen and oxygen atoms in total. The minimum atomic E-state index is -3.92. The summed E-state index contributed by atoms with van der Waals surface area (Å²) in [6.07, 6.45) is 0.597. The highest BCUT2D eigenvalue weighted by molar-refractivity contribution is 7.87. The van der Waals surface area contributed by atoms with E-state index in [1.165, 1.54) is 24.3 Å². The second-order valence-electron chi connectivity index (χ2n) is 12.0. The predicted octanol–water partition coefficient (Wildman–Crippen LogP) is 8.19. The molecule has 0 saturated heterocycles. The van der Waals surface area contributed by atoms with Crippen LogP contribution in [0.5, 0.6) is 11.5 Å². The molecule has 0 aliphatic heterocycles. The van der Waals surface area contributed by atoms with Gasteiger partial charge in [0, 0.05) is 23.6 Å². The van der Waals surface area contributed by atoms with E-state index in [0.29, 0.717) is 24.3 Å². The van der Waals surface area contributed by atoms with Crippen LogP contribution < -0.4 is 9.47 Å². The topological polar surface area (TPSA) is 105 Å². The van der Waals surface area contributed by atoms with Crippen molar-refractivity contribution in [2.75, 3.05) is 27.4 Å². The van der Waals surface area contributed by atoms with Crippen molar-refractivity contribution < 1.29 is 34.7 Å². The smallest absolute Gasteiger partial charge is 0.296 e. The summed E-state index contributed by atoms with van der Waals surface area (Å²) in [5, 5.41) is 3.61. The standard InChI is InChI=1S/C40H38O8S2/c1-27-11-19-33(20-12-27)49(41,42)47-25-23-31-17-15-29-7-5-9-35(37(29)39(31)45-3)36-10-6-8-30-16-18-32(40(46-4)38(30)36)24-26-48-50(43,44)34-21-13-28(2)14-22-34/h5-22H,23-26H2,1-4H3. The van der Waals surface area contributed by atoms with Crippen LogP contribution in [0.15, 0.2) is 119 Å². The lowest BCUT2D eigenvalue weighted by atomic mass is 9.90. The summed E-state index contributed by atoms with van der Waals surface area (Å²) >= 11 is 0. The first-order valence-electron chi connectivity index (χ1n) is 16.1. The molecule has 0 heterocycles. The number of ether oxygens (including phenoxy) is 2. The molecule has 10 heteroatoms. The highest BCUT2D eigenvalue weighted by atomic mass is 32.2. The Kier molecular flexibility index (Phi) is 10.3. The largest absolute Gasteiger partial charge is 0.496 e. The molecule has 6 aromatic rings. The minimum Gasteiger partial charge on any atom is -0.496 e. The van der Waals surface area contributed by atoms with Crippen molar-refractivity contribution in [3.63, 3.8) is 0 Å². The van der Waals surface area contributed by atoms with Gasteiger partial charge in [0.25, 0.3) is 20.2 Å². The summed E-state index contributed by atoms with van der Waals surface area (Å²) in [6, 6.07) is 32.9. The first kappa shape index (κ1) is 35.1. The summed E-state index contributed by atoms with van der Waals surface area (Å²) in [6.45, 7) is 3.66. The Morgan fingerprint density at radius 2 is 0.860 bits per heavy atom. The molecule has 0 spiro atoms. The van der Waals surface area contributed by atoms with E-state index in [-0.39, 0.29) is 23.0 Å². The maximum atomic E-state index is 12.8. The monoisotopic (exact) mass is 710 g/mol. The summed E-state index contributed by atoms with van der Waals surface area (Å²) in [4.78, 5) is 0.221. The van der Waals surface area contributed by atoms with Crippen molar-refractivity contribution in [2.45, 2.75) is 36.5 Å². The highest BCUT2D eigenvalue weighted by Crippen LogP contribution is 2.43. The van der Waals surface area contributed by atoms with Crippen molar-refractivity contribution in [1.82, 2.24) is 0 Å². The van der Waals surface area contributed by atoms with Gasteiger partial charge in [-0.05, 0) is 71.1 Å². The van der Waals surface area contributed by atoms with Crippen molar-refractivity contribution >= 4 is 41.8 Å². The fraction of sp³-hybridized carbons (Fsp3) is 0.200. The fourth-order valence-corrected chi connectivity index (χ4v) is 7.97. The molecular weight excluding hydrogens is 673 g/mol. The Balaban J connectivity index is 1.33. The van der Waals surface area contributed by atoms with Gasteiger partial charge in [0.1, 0.15) is 11.5 Å². The first-order chi connectivity index (χ1) is 24.0. The molecular formula is C40H38O8S2. The molecule has 0 saturated carbocycles. The number of hydrogen-bond acceptors (Lipinski definition) is 8. The Bertz CT molecular complexity index is 2210. The Labute approximate surface area is 293 Å². The van der Waals surface area contributed by atoms with Gasteiger partial charge in [-0.15, -0.1) is 0 Å². The summed E-state index contributed by atoms with van der Waals surface area (Å²) < 4.78 is 74.2. The molecule has 0 fully saturated rings. The van der Waals surface area contributed by atoms with E-state index in [1.807, 2.05) is 74.5 Å². The molecule has 0 radical (unpaired) electrons. The second kappa shape index (κ2) is 14.6. The fourth-order valence-electron chi connectivity index (χ4n) is 6.16. The van der Waals surface area contributed by atoms with Gasteiger partial charge in [0.2, 0.25) is 0 Å². The van der Waals surface area contributed by atoms with Crippen molar-refractivity contribution in [3.05, 3.63) is 131 Å². The second-order valence-corrected chi connectivity index (χ2v) is 15.2. The van der Waals surface area contributed by atoms with Gasteiger partial charge in [-0.3, -0.25) is 8.37 Å². The molecule has 258 valence electrons. The van der Waals surface area contributed by atoms with Gasteiger partial charge >= 0.3 is 0 Å². The van der Waals surface area contributed by atoms with Crippen LogP contribution in [0.2, 0.25) is 0 Å². The van der Waals surface area contributed by atoms with Crippen LogP contribution in [0.3, 0.4) is 0 Å². The van der Waals surface area contributed by atoms with Gasteiger partial charge in [-0.2, -0.15) is 16.8 Å². The van der Waals surface area contributed by atoms with Gasteiger partial charge in [0.15, 0.2) is 0 Å². The molecule has 0 unspecified atom stereocenters. The van der Waals surface area contributed by atoms with Crippen LogP contribution in [-0.2, 0) is 41.4 Å². The molecule has 0 amide bonds. The van der Waals surface area contributed by atoms with Crippen LogP contribution in [0, 0.1) is 13.8 Å². The number of benzene rings is 6. The van der Waals surface area contributed by atoms with Gasteiger partial charge in [-0.25, -0.2) is 0 Å². The third kappa shape index (κ3) is 7.25. The number of fused-ring (bicyclic) bond motifs is 2. The molecule has 0 N–H and O–H groups in total. The van der Waals surface area contributed by atoms with Crippen molar-refractivity contribution in [2.24, 2.45) is 0 Å².